The number of anilines is 1. The fourth-order valence-corrected chi connectivity index (χ4v) is 3.71. The van der Waals surface area contributed by atoms with Crippen LogP contribution in [0.3, 0.4) is 0 Å². The Labute approximate surface area is 130 Å². The van der Waals surface area contributed by atoms with Crippen LogP contribution in [0.2, 0.25) is 5.02 Å². The van der Waals surface area contributed by atoms with Crippen LogP contribution in [0.5, 0.6) is 0 Å². The molecule has 1 N–H and O–H groups in total. The van der Waals surface area contributed by atoms with Crippen LogP contribution in [0.25, 0.3) is 0 Å². The first-order chi connectivity index (χ1) is 9.61. The third-order valence-electron chi connectivity index (χ3n) is 2.45. The summed E-state index contributed by atoms with van der Waals surface area (Å²) in [6.45, 7) is 1.98. The van der Waals surface area contributed by atoms with Crippen molar-refractivity contribution in [1.82, 2.24) is 0 Å². The Morgan fingerprint density at radius 3 is 2.65 bits per heavy atom. The zero-order chi connectivity index (χ0) is 14.5. The van der Waals surface area contributed by atoms with E-state index in [1.165, 1.54) is 29.2 Å². The number of rotatable bonds is 4. The fraction of sp³-hybridized carbons (Fsp3) is 0.143. The molecule has 1 amide bonds. The number of carbonyl (C=O) groups is 1. The average molecular weight is 326 g/mol. The topological polar surface area (TPSA) is 46.2 Å². The van der Waals surface area contributed by atoms with Gasteiger partial charge in [-0.15, -0.1) is 23.1 Å². The number of carbonyl (C=O) groups excluding carboxylic acids is 1. The van der Waals surface area contributed by atoms with E-state index >= 15 is 0 Å². The number of halogens is 1. The van der Waals surface area contributed by atoms with Crippen LogP contribution in [0.1, 0.15) is 17.3 Å². The van der Waals surface area contributed by atoms with E-state index in [-0.39, 0.29) is 16.9 Å². The molecule has 0 saturated heterocycles. The molecule has 3 nitrogen and oxygen atoms in total. The summed E-state index contributed by atoms with van der Waals surface area (Å²) in [4.78, 5) is 24.2. The van der Waals surface area contributed by atoms with E-state index in [1.54, 1.807) is 29.6 Å². The first-order valence-electron chi connectivity index (χ1n) is 5.93. The highest BCUT2D eigenvalue weighted by atomic mass is 35.5. The number of nitrogens with one attached hydrogen (secondary N) is 1. The molecular formula is C14H12ClNO2S2. The number of hydrogen-bond donors (Lipinski definition) is 1. The molecule has 0 saturated carbocycles. The van der Waals surface area contributed by atoms with Crippen LogP contribution in [0.4, 0.5) is 5.69 Å². The smallest absolute Gasteiger partial charge is 0.261 e. The van der Waals surface area contributed by atoms with Gasteiger partial charge in [-0.2, -0.15) is 0 Å². The summed E-state index contributed by atoms with van der Waals surface area (Å²) < 4.78 is 0.742. The third-order valence-corrected chi connectivity index (χ3v) is 4.79. The minimum atomic E-state index is -0.384. The highest BCUT2D eigenvalue weighted by Gasteiger charge is 2.16. The van der Waals surface area contributed by atoms with Gasteiger partial charge >= 0.3 is 0 Å². The summed E-state index contributed by atoms with van der Waals surface area (Å²) in [6, 6.07) is 8.18. The van der Waals surface area contributed by atoms with Gasteiger partial charge in [-0.05, 0) is 41.5 Å². The highest BCUT2D eigenvalue weighted by molar-refractivity contribution is 8.01. The average Bonchev–Trinajstić information content (AvgIpc) is 2.42. The minimum Gasteiger partial charge on any atom is -0.322 e. The van der Waals surface area contributed by atoms with Crippen molar-refractivity contribution in [3.63, 3.8) is 0 Å². The predicted molar refractivity (Wildman–Crippen MR) is 86.4 cm³/mol. The van der Waals surface area contributed by atoms with Gasteiger partial charge in [-0.1, -0.05) is 18.5 Å². The van der Waals surface area contributed by atoms with Gasteiger partial charge in [0.1, 0.15) is 5.56 Å². The molecule has 1 aromatic carbocycles. The molecule has 1 heterocycles. The second-order valence-corrected chi connectivity index (χ2v) is 6.73. The van der Waals surface area contributed by atoms with Crippen LogP contribution in [0, 0.1) is 0 Å². The fourth-order valence-electron chi connectivity index (χ4n) is 1.57. The first kappa shape index (κ1) is 15.1. The van der Waals surface area contributed by atoms with Crippen LogP contribution in [0.15, 0.2) is 44.7 Å². The van der Waals surface area contributed by atoms with Crippen LogP contribution in [-0.4, -0.2) is 11.7 Å². The van der Waals surface area contributed by atoms with Crippen molar-refractivity contribution in [2.75, 3.05) is 11.1 Å². The second kappa shape index (κ2) is 6.92. The normalized spacial score (nSPS) is 10.3. The van der Waals surface area contributed by atoms with Gasteiger partial charge in [-0.25, -0.2) is 0 Å². The molecule has 0 unspecified atom stereocenters. The molecule has 20 heavy (non-hydrogen) atoms. The third kappa shape index (κ3) is 3.62. The zero-order valence-electron chi connectivity index (χ0n) is 10.7. The summed E-state index contributed by atoms with van der Waals surface area (Å²) in [5.41, 5.74) is 0.561. The van der Waals surface area contributed by atoms with Crippen molar-refractivity contribution in [1.29, 1.82) is 0 Å². The summed E-state index contributed by atoms with van der Waals surface area (Å²) in [5.74, 6) is 0.423. The van der Waals surface area contributed by atoms with Crippen molar-refractivity contribution in [2.45, 2.75) is 11.1 Å². The molecular weight excluding hydrogens is 314 g/mol. The molecule has 1 aromatic heterocycles. The molecule has 2 aromatic rings. The van der Waals surface area contributed by atoms with Crippen molar-refractivity contribution < 1.29 is 4.79 Å². The van der Waals surface area contributed by atoms with Crippen molar-refractivity contribution in [3.8, 4) is 0 Å². The number of hydrogen-bond acceptors (Lipinski definition) is 4. The number of benzene rings is 1. The lowest BCUT2D eigenvalue weighted by Gasteiger charge is -2.07. The Kier molecular flexibility index (Phi) is 5.23. The lowest BCUT2D eigenvalue weighted by atomic mass is 10.2. The Bertz CT molecular complexity index is 668. The maximum absolute atomic E-state index is 12.3. The Hall–Kier alpha value is -1.30. The lowest BCUT2D eigenvalue weighted by molar-refractivity contribution is 0.102. The first-order valence-corrected chi connectivity index (χ1v) is 8.17. The molecule has 0 aliphatic carbocycles. The minimum absolute atomic E-state index is 0.208. The van der Waals surface area contributed by atoms with Gasteiger partial charge in [0.15, 0.2) is 5.43 Å². The van der Waals surface area contributed by atoms with Crippen LogP contribution in [-0.2, 0) is 0 Å². The summed E-state index contributed by atoms with van der Waals surface area (Å²) in [6.07, 6.45) is 0. The maximum atomic E-state index is 12.3. The molecule has 6 heteroatoms. The zero-order valence-corrected chi connectivity index (χ0v) is 13.1. The lowest BCUT2D eigenvalue weighted by Crippen LogP contribution is -2.21. The standard InChI is InChI=1S/C14H12ClNO2S2/c1-2-19-14-12(11(17)7-8-20-14)13(18)16-10-5-3-9(15)4-6-10/h3-8H,2H2,1H3,(H,16,18). The molecule has 0 spiro atoms. The van der Waals surface area contributed by atoms with Gasteiger partial charge in [0, 0.05) is 10.7 Å². The van der Waals surface area contributed by atoms with Crippen LogP contribution >= 0.6 is 34.7 Å². The molecule has 0 radical (unpaired) electrons. The number of thioether (sulfide) groups is 1. The van der Waals surface area contributed by atoms with E-state index < -0.39 is 0 Å². The summed E-state index contributed by atoms with van der Waals surface area (Å²) >= 11 is 8.69. The quantitative estimate of drug-likeness (QED) is 0.860. The van der Waals surface area contributed by atoms with E-state index in [1.807, 2.05) is 6.92 Å². The van der Waals surface area contributed by atoms with Gasteiger partial charge in [0.2, 0.25) is 0 Å². The molecule has 0 fully saturated rings. The van der Waals surface area contributed by atoms with Crippen LogP contribution < -0.4 is 10.7 Å². The summed E-state index contributed by atoms with van der Waals surface area (Å²) in [7, 11) is 0. The van der Waals surface area contributed by atoms with Gasteiger partial charge in [0.05, 0.1) is 4.21 Å². The SMILES string of the molecule is CCSc1sccc(=O)c1C(=O)Nc1ccc(Cl)cc1. The molecule has 104 valence electrons. The Morgan fingerprint density at radius 1 is 1.30 bits per heavy atom. The number of amides is 1. The van der Waals surface area contributed by atoms with E-state index in [0.717, 1.165) is 9.96 Å². The molecule has 0 bridgehead atoms. The second-order valence-electron chi connectivity index (χ2n) is 3.84. The van der Waals surface area contributed by atoms with Crippen molar-refractivity contribution in [3.05, 3.63) is 56.5 Å². The van der Waals surface area contributed by atoms with Crippen molar-refractivity contribution >= 4 is 46.3 Å². The molecule has 0 atom stereocenters. The van der Waals surface area contributed by atoms with E-state index in [2.05, 4.69) is 5.32 Å². The predicted octanol–water partition coefficient (Wildman–Crippen LogP) is 4.13. The van der Waals surface area contributed by atoms with Gasteiger partial charge < -0.3 is 5.32 Å². The van der Waals surface area contributed by atoms with Gasteiger partial charge in [-0.3, -0.25) is 9.59 Å². The Balaban J connectivity index is 2.29. The largest absolute Gasteiger partial charge is 0.322 e. The molecule has 0 aliphatic heterocycles. The molecule has 2 rings (SSSR count). The monoisotopic (exact) mass is 325 g/mol. The molecule has 0 aliphatic rings. The van der Waals surface area contributed by atoms with Crippen molar-refractivity contribution in [2.24, 2.45) is 0 Å². The maximum Gasteiger partial charge on any atom is 0.261 e. The van der Waals surface area contributed by atoms with E-state index in [9.17, 15) is 9.59 Å². The Morgan fingerprint density at radius 2 is 2.00 bits per heavy atom. The van der Waals surface area contributed by atoms with E-state index in [0.29, 0.717) is 10.7 Å². The highest BCUT2D eigenvalue weighted by Crippen LogP contribution is 2.25. The summed E-state index contributed by atoms with van der Waals surface area (Å²) in [5, 5.41) is 5.02. The van der Waals surface area contributed by atoms with Gasteiger partial charge in [0.25, 0.3) is 5.91 Å². The van der Waals surface area contributed by atoms with E-state index in [4.69, 9.17) is 11.6 Å².